The van der Waals surface area contributed by atoms with Crippen LogP contribution in [0.3, 0.4) is 0 Å². The number of benzene rings is 1. The summed E-state index contributed by atoms with van der Waals surface area (Å²) in [5.74, 6) is -0.262. The molecule has 1 aliphatic heterocycles. The standard InChI is InChI=1S/C19H26N2O3/c1-3-12-21(17-10-6-5-7-11-17)18(22)15-20-13-8-9-16(14-20)19(23)24-4-2/h3,5-7,10-11,16H,1,4,8-9,12-15H2,2H3. The molecule has 5 nitrogen and oxygen atoms in total. The molecule has 5 heteroatoms. The first-order chi connectivity index (χ1) is 11.7. The minimum Gasteiger partial charge on any atom is -0.466 e. The molecule has 0 saturated carbocycles. The summed E-state index contributed by atoms with van der Waals surface area (Å²) in [4.78, 5) is 28.4. The van der Waals surface area contributed by atoms with Crippen LogP contribution >= 0.6 is 0 Å². The second kappa shape index (κ2) is 9.23. The number of hydrogen-bond acceptors (Lipinski definition) is 4. The van der Waals surface area contributed by atoms with Gasteiger partial charge in [0.25, 0.3) is 0 Å². The number of hydrogen-bond donors (Lipinski definition) is 0. The van der Waals surface area contributed by atoms with Crippen molar-refractivity contribution >= 4 is 17.6 Å². The van der Waals surface area contributed by atoms with Gasteiger partial charge in [-0.1, -0.05) is 24.3 Å². The molecule has 1 amide bonds. The van der Waals surface area contributed by atoms with Gasteiger partial charge in [0.1, 0.15) is 0 Å². The topological polar surface area (TPSA) is 49.9 Å². The summed E-state index contributed by atoms with van der Waals surface area (Å²) in [6, 6.07) is 9.58. The maximum absolute atomic E-state index is 12.7. The van der Waals surface area contributed by atoms with Crippen LogP contribution in [-0.4, -0.2) is 49.6 Å². The fraction of sp³-hybridized carbons (Fsp3) is 0.474. The number of ether oxygens (including phenoxy) is 1. The van der Waals surface area contributed by atoms with E-state index in [1.54, 1.807) is 11.0 Å². The average Bonchev–Trinajstić information content (AvgIpc) is 2.60. The van der Waals surface area contributed by atoms with Gasteiger partial charge in [-0.3, -0.25) is 14.5 Å². The van der Waals surface area contributed by atoms with Crippen LogP contribution in [0.4, 0.5) is 5.69 Å². The molecular formula is C19H26N2O3. The first-order valence-corrected chi connectivity index (χ1v) is 8.51. The minimum absolute atomic E-state index is 0.0191. The summed E-state index contributed by atoms with van der Waals surface area (Å²) < 4.78 is 5.12. The summed E-state index contributed by atoms with van der Waals surface area (Å²) in [6.07, 6.45) is 3.46. The van der Waals surface area contributed by atoms with E-state index in [4.69, 9.17) is 4.74 Å². The molecule has 0 spiro atoms. The van der Waals surface area contributed by atoms with Crippen molar-refractivity contribution in [3.8, 4) is 0 Å². The van der Waals surface area contributed by atoms with Crippen LogP contribution in [0.25, 0.3) is 0 Å². The highest BCUT2D eigenvalue weighted by atomic mass is 16.5. The summed E-state index contributed by atoms with van der Waals surface area (Å²) in [5, 5.41) is 0. The summed E-state index contributed by atoms with van der Waals surface area (Å²) in [7, 11) is 0. The van der Waals surface area contributed by atoms with E-state index < -0.39 is 0 Å². The third kappa shape index (κ3) is 4.93. The van der Waals surface area contributed by atoms with Crippen molar-refractivity contribution in [2.75, 3.05) is 37.7 Å². The molecule has 1 aliphatic rings. The molecule has 1 aromatic carbocycles. The number of likely N-dealkylation sites (tertiary alicyclic amines) is 1. The van der Waals surface area contributed by atoms with Crippen LogP contribution in [0.1, 0.15) is 19.8 Å². The van der Waals surface area contributed by atoms with Gasteiger partial charge in [-0.25, -0.2) is 0 Å². The maximum Gasteiger partial charge on any atom is 0.310 e. The lowest BCUT2D eigenvalue weighted by atomic mass is 9.98. The zero-order valence-corrected chi connectivity index (χ0v) is 14.3. The largest absolute Gasteiger partial charge is 0.466 e. The number of rotatable bonds is 7. The Hall–Kier alpha value is -2.14. The predicted octanol–water partition coefficient (Wildman–Crippen LogP) is 2.48. The number of esters is 1. The Balaban J connectivity index is 1.98. The fourth-order valence-corrected chi connectivity index (χ4v) is 3.02. The molecule has 0 aromatic heterocycles. The molecule has 1 aromatic rings. The Kier molecular flexibility index (Phi) is 7.00. The van der Waals surface area contributed by atoms with E-state index >= 15 is 0 Å². The summed E-state index contributed by atoms with van der Waals surface area (Å²) >= 11 is 0. The zero-order valence-electron chi connectivity index (χ0n) is 14.3. The van der Waals surface area contributed by atoms with E-state index in [1.165, 1.54) is 0 Å². The van der Waals surface area contributed by atoms with Crippen molar-refractivity contribution in [2.45, 2.75) is 19.8 Å². The molecule has 1 fully saturated rings. The Morgan fingerprint density at radius 1 is 1.38 bits per heavy atom. The third-order valence-corrected chi connectivity index (χ3v) is 4.16. The SMILES string of the molecule is C=CCN(C(=O)CN1CCCC(C(=O)OCC)C1)c1ccccc1. The molecule has 24 heavy (non-hydrogen) atoms. The molecule has 1 heterocycles. The maximum atomic E-state index is 12.7. The van der Waals surface area contributed by atoms with Gasteiger partial charge in [0.2, 0.25) is 5.91 Å². The third-order valence-electron chi connectivity index (χ3n) is 4.16. The molecule has 0 bridgehead atoms. The Morgan fingerprint density at radius 2 is 2.12 bits per heavy atom. The van der Waals surface area contributed by atoms with Gasteiger partial charge in [0.15, 0.2) is 0 Å². The first kappa shape index (κ1) is 18.2. The molecule has 1 unspecified atom stereocenters. The Bertz CT molecular complexity index is 559. The lowest BCUT2D eigenvalue weighted by Crippen LogP contribution is -2.46. The number of nitrogens with zero attached hydrogens (tertiary/aromatic N) is 2. The van der Waals surface area contributed by atoms with Crippen LogP contribution in [0, 0.1) is 5.92 Å². The number of anilines is 1. The monoisotopic (exact) mass is 330 g/mol. The Morgan fingerprint density at radius 3 is 2.79 bits per heavy atom. The van der Waals surface area contributed by atoms with Crippen molar-refractivity contribution in [2.24, 2.45) is 5.92 Å². The molecule has 0 radical (unpaired) electrons. The number of amides is 1. The Labute approximate surface area is 143 Å². The van der Waals surface area contributed by atoms with Gasteiger partial charge in [-0.05, 0) is 38.4 Å². The van der Waals surface area contributed by atoms with E-state index in [-0.39, 0.29) is 17.8 Å². The average molecular weight is 330 g/mol. The van der Waals surface area contributed by atoms with Crippen LogP contribution in [0.5, 0.6) is 0 Å². The molecular weight excluding hydrogens is 304 g/mol. The van der Waals surface area contributed by atoms with Crippen molar-refractivity contribution in [1.82, 2.24) is 4.90 Å². The second-order valence-corrected chi connectivity index (χ2v) is 5.95. The fourth-order valence-electron chi connectivity index (χ4n) is 3.02. The van der Waals surface area contributed by atoms with Crippen molar-refractivity contribution in [3.05, 3.63) is 43.0 Å². The zero-order chi connectivity index (χ0) is 17.4. The highest BCUT2D eigenvalue weighted by Crippen LogP contribution is 2.19. The minimum atomic E-state index is -0.152. The second-order valence-electron chi connectivity index (χ2n) is 5.95. The van der Waals surface area contributed by atoms with E-state index in [0.29, 0.717) is 26.2 Å². The smallest absolute Gasteiger partial charge is 0.310 e. The summed E-state index contributed by atoms with van der Waals surface area (Å²) in [6.45, 7) is 8.15. The quantitative estimate of drug-likeness (QED) is 0.569. The van der Waals surface area contributed by atoms with E-state index in [0.717, 1.165) is 25.1 Å². The molecule has 0 N–H and O–H groups in total. The van der Waals surface area contributed by atoms with Gasteiger partial charge in [-0.2, -0.15) is 0 Å². The van der Waals surface area contributed by atoms with Gasteiger partial charge < -0.3 is 9.64 Å². The number of para-hydroxylation sites is 1. The van der Waals surface area contributed by atoms with E-state index in [9.17, 15) is 9.59 Å². The number of carbonyl (C=O) groups is 2. The van der Waals surface area contributed by atoms with Crippen LogP contribution in [-0.2, 0) is 14.3 Å². The number of piperidine rings is 1. The molecule has 2 rings (SSSR count). The van der Waals surface area contributed by atoms with E-state index in [2.05, 4.69) is 6.58 Å². The highest BCUT2D eigenvalue weighted by molar-refractivity contribution is 5.95. The molecule has 130 valence electrons. The molecule has 0 aliphatic carbocycles. The lowest BCUT2D eigenvalue weighted by molar-refractivity contribution is -0.150. The lowest BCUT2D eigenvalue weighted by Gasteiger charge is -2.32. The van der Waals surface area contributed by atoms with Crippen LogP contribution < -0.4 is 4.90 Å². The van der Waals surface area contributed by atoms with Crippen molar-refractivity contribution < 1.29 is 14.3 Å². The van der Waals surface area contributed by atoms with Gasteiger partial charge in [0.05, 0.1) is 19.1 Å². The normalized spacial score (nSPS) is 18.0. The van der Waals surface area contributed by atoms with Crippen molar-refractivity contribution in [3.63, 3.8) is 0 Å². The summed E-state index contributed by atoms with van der Waals surface area (Å²) in [5.41, 5.74) is 0.862. The van der Waals surface area contributed by atoms with Crippen LogP contribution in [0.15, 0.2) is 43.0 Å². The van der Waals surface area contributed by atoms with Gasteiger partial charge in [0, 0.05) is 18.8 Å². The highest BCUT2D eigenvalue weighted by Gasteiger charge is 2.28. The van der Waals surface area contributed by atoms with Gasteiger partial charge in [-0.15, -0.1) is 6.58 Å². The van der Waals surface area contributed by atoms with Crippen LogP contribution in [0.2, 0.25) is 0 Å². The van der Waals surface area contributed by atoms with Crippen molar-refractivity contribution in [1.29, 1.82) is 0 Å². The predicted molar refractivity (Wildman–Crippen MR) is 94.8 cm³/mol. The van der Waals surface area contributed by atoms with E-state index in [1.807, 2.05) is 42.2 Å². The molecule has 1 atom stereocenters. The molecule has 1 saturated heterocycles. The van der Waals surface area contributed by atoms with Gasteiger partial charge >= 0.3 is 5.97 Å². The number of carbonyl (C=O) groups excluding carboxylic acids is 2. The first-order valence-electron chi connectivity index (χ1n) is 8.51.